The molecule has 1 saturated heterocycles. The molecule has 16 heavy (non-hydrogen) atoms. The third-order valence-electron chi connectivity index (χ3n) is 3.17. The molecule has 88 valence electrons. The van der Waals surface area contributed by atoms with Crippen molar-refractivity contribution >= 4 is 0 Å². The van der Waals surface area contributed by atoms with Crippen molar-refractivity contribution in [2.45, 2.75) is 18.6 Å². The summed E-state index contributed by atoms with van der Waals surface area (Å²) in [6.07, 6.45) is 0.862. The summed E-state index contributed by atoms with van der Waals surface area (Å²) in [7, 11) is 1.89. The number of β-amino-alcohol motifs (C(OH)–C–C–N with tert-alkyl or cyclic N) is 1. The van der Waals surface area contributed by atoms with E-state index in [1.807, 2.05) is 13.1 Å². The molecule has 1 fully saturated rings. The topological polar surface area (TPSA) is 35.5 Å². The van der Waals surface area contributed by atoms with Gasteiger partial charge in [-0.1, -0.05) is 30.3 Å². The van der Waals surface area contributed by atoms with E-state index >= 15 is 0 Å². The molecule has 0 saturated carbocycles. The van der Waals surface area contributed by atoms with Crippen LogP contribution in [0.1, 0.15) is 12.0 Å². The Morgan fingerprint density at radius 2 is 2.12 bits per heavy atom. The van der Waals surface area contributed by atoms with Gasteiger partial charge in [0, 0.05) is 26.2 Å². The van der Waals surface area contributed by atoms with E-state index in [1.165, 1.54) is 5.56 Å². The SMILES string of the molecule is CNCC1(O)CCN(Cc2ccccc2)C1. The van der Waals surface area contributed by atoms with Gasteiger partial charge in [-0.05, 0) is 19.0 Å². The first-order chi connectivity index (χ1) is 7.72. The highest BCUT2D eigenvalue weighted by Crippen LogP contribution is 2.22. The Balaban J connectivity index is 1.90. The molecule has 3 nitrogen and oxygen atoms in total. The summed E-state index contributed by atoms with van der Waals surface area (Å²) < 4.78 is 0. The maximum Gasteiger partial charge on any atom is 0.0909 e. The van der Waals surface area contributed by atoms with E-state index in [-0.39, 0.29) is 0 Å². The molecule has 1 aliphatic rings. The van der Waals surface area contributed by atoms with Gasteiger partial charge >= 0.3 is 0 Å². The summed E-state index contributed by atoms with van der Waals surface area (Å²) in [5.41, 5.74) is 0.778. The number of rotatable bonds is 4. The summed E-state index contributed by atoms with van der Waals surface area (Å²) in [5.74, 6) is 0. The molecule has 0 aliphatic carbocycles. The number of aliphatic hydroxyl groups is 1. The van der Waals surface area contributed by atoms with Crippen LogP contribution in [0.2, 0.25) is 0 Å². The van der Waals surface area contributed by atoms with Gasteiger partial charge in [-0.3, -0.25) is 4.90 Å². The van der Waals surface area contributed by atoms with Crippen molar-refractivity contribution in [3.63, 3.8) is 0 Å². The molecule has 1 unspecified atom stereocenters. The molecule has 1 heterocycles. The summed E-state index contributed by atoms with van der Waals surface area (Å²) in [5, 5.41) is 13.3. The second kappa shape index (κ2) is 4.95. The minimum absolute atomic E-state index is 0.538. The van der Waals surface area contributed by atoms with Crippen molar-refractivity contribution in [3.8, 4) is 0 Å². The number of hydrogen-bond donors (Lipinski definition) is 2. The monoisotopic (exact) mass is 220 g/mol. The number of likely N-dealkylation sites (tertiary alicyclic amines) is 1. The predicted molar refractivity (Wildman–Crippen MR) is 65.2 cm³/mol. The molecule has 2 N–H and O–H groups in total. The van der Waals surface area contributed by atoms with Crippen LogP contribution in [0.15, 0.2) is 30.3 Å². The highest BCUT2D eigenvalue weighted by molar-refractivity contribution is 5.15. The Hall–Kier alpha value is -0.900. The van der Waals surface area contributed by atoms with Crippen molar-refractivity contribution in [1.82, 2.24) is 10.2 Å². The van der Waals surface area contributed by atoms with Crippen LogP contribution < -0.4 is 5.32 Å². The molecule has 0 bridgehead atoms. The quantitative estimate of drug-likeness (QED) is 0.789. The van der Waals surface area contributed by atoms with E-state index in [9.17, 15) is 5.11 Å². The van der Waals surface area contributed by atoms with Crippen molar-refractivity contribution in [2.24, 2.45) is 0 Å². The number of hydrogen-bond acceptors (Lipinski definition) is 3. The number of nitrogens with one attached hydrogen (secondary N) is 1. The first-order valence-corrected chi connectivity index (χ1v) is 5.85. The molecule has 0 spiro atoms. The summed E-state index contributed by atoms with van der Waals surface area (Å²) in [6.45, 7) is 3.36. The Labute approximate surface area is 97.1 Å². The van der Waals surface area contributed by atoms with Crippen molar-refractivity contribution in [3.05, 3.63) is 35.9 Å². The average Bonchev–Trinajstić information content (AvgIpc) is 2.62. The number of benzene rings is 1. The lowest BCUT2D eigenvalue weighted by atomic mass is 10.0. The van der Waals surface area contributed by atoms with Crippen LogP contribution in [0.4, 0.5) is 0 Å². The number of likely N-dealkylation sites (N-methyl/N-ethyl adjacent to an activating group) is 1. The maximum absolute atomic E-state index is 10.2. The fraction of sp³-hybridized carbons (Fsp3) is 0.538. The molecular formula is C13H20N2O. The van der Waals surface area contributed by atoms with E-state index in [0.717, 1.165) is 26.1 Å². The third-order valence-corrected chi connectivity index (χ3v) is 3.17. The first-order valence-electron chi connectivity index (χ1n) is 5.85. The molecule has 1 aromatic carbocycles. The fourth-order valence-electron chi connectivity index (χ4n) is 2.39. The van der Waals surface area contributed by atoms with Crippen LogP contribution >= 0.6 is 0 Å². The van der Waals surface area contributed by atoms with Gasteiger partial charge in [0.15, 0.2) is 0 Å². The molecule has 1 atom stereocenters. The minimum atomic E-state index is -0.538. The molecule has 3 heteroatoms. The standard InChI is InChI=1S/C13H20N2O/c1-14-10-13(16)7-8-15(11-13)9-12-5-3-2-4-6-12/h2-6,14,16H,7-11H2,1H3. The second-order valence-corrected chi connectivity index (χ2v) is 4.70. The van der Waals surface area contributed by atoms with E-state index in [4.69, 9.17) is 0 Å². The average molecular weight is 220 g/mol. The zero-order chi connectivity index (χ0) is 11.4. The molecule has 0 aromatic heterocycles. The lowest BCUT2D eigenvalue weighted by molar-refractivity contribution is 0.0504. The zero-order valence-electron chi connectivity index (χ0n) is 9.82. The highest BCUT2D eigenvalue weighted by Gasteiger charge is 2.34. The Morgan fingerprint density at radius 3 is 2.81 bits per heavy atom. The lowest BCUT2D eigenvalue weighted by Crippen LogP contribution is -2.41. The van der Waals surface area contributed by atoms with Gasteiger partial charge < -0.3 is 10.4 Å². The van der Waals surface area contributed by atoms with E-state index < -0.39 is 5.60 Å². The lowest BCUT2D eigenvalue weighted by Gasteiger charge is -2.23. The number of nitrogens with zero attached hydrogens (tertiary/aromatic N) is 1. The molecule has 1 aliphatic heterocycles. The van der Waals surface area contributed by atoms with E-state index in [1.54, 1.807) is 0 Å². The molecular weight excluding hydrogens is 200 g/mol. The van der Waals surface area contributed by atoms with Gasteiger partial charge in [-0.25, -0.2) is 0 Å². The van der Waals surface area contributed by atoms with Gasteiger partial charge in [0.2, 0.25) is 0 Å². The first kappa shape index (κ1) is 11.6. The smallest absolute Gasteiger partial charge is 0.0909 e. The highest BCUT2D eigenvalue weighted by atomic mass is 16.3. The van der Waals surface area contributed by atoms with Crippen LogP contribution in [0.5, 0.6) is 0 Å². The van der Waals surface area contributed by atoms with Gasteiger partial charge in [-0.2, -0.15) is 0 Å². The third kappa shape index (κ3) is 2.82. The van der Waals surface area contributed by atoms with Crippen LogP contribution in [-0.4, -0.2) is 42.3 Å². The van der Waals surface area contributed by atoms with Gasteiger partial charge in [0.05, 0.1) is 5.60 Å². The summed E-state index contributed by atoms with van der Waals surface area (Å²) >= 11 is 0. The van der Waals surface area contributed by atoms with Gasteiger partial charge in [0.25, 0.3) is 0 Å². The van der Waals surface area contributed by atoms with Crippen molar-refractivity contribution in [1.29, 1.82) is 0 Å². The molecule has 0 radical (unpaired) electrons. The van der Waals surface area contributed by atoms with Crippen molar-refractivity contribution < 1.29 is 5.11 Å². The second-order valence-electron chi connectivity index (χ2n) is 4.70. The van der Waals surface area contributed by atoms with Crippen LogP contribution in [0.25, 0.3) is 0 Å². The fourth-order valence-corrected chi connectivity index (χ4v) is 2.39. The predicted octanol–water partition coefficient (Wildman–Crippen LogP) is 0.843. The molecule has 1 aromatic rings. The van der Waals surface area contributed by atoms with Crippen LogP contribution in [0.3, 0.4) is 0 Å². The summed E-state index contributed by atoms with van der Waals surface area (Å²) in [4.78, 5) is 2.31. The maximum atomic E-state index is 10.2. The van der Waals surface area contributed by atoms with Gasteiger partial charge in [-0.15, -0.1) is 0 Å². The van der Waals surface area contributed by atoms with Gasteiger partial charge in [0.1, 0.15) is 0 Å². The Bertz CT molecular complexity index is 328. The largest absolute Gasteiger partial charge is 0.387 e. The summed E-state index contributed by atoms with van der Waals surface area (Å²) in [6, 6.07) is 10.4. The van der Waals surface area contributed by atoms with Crippen molar-refractivity contribution in [2.75, 3.05) is 26.7 Å². The van der Waals surface area contributed by atoms with Crippen LogP contribution in [-0.2, 0) is 6.54 Å². The van der Waals surface area contributed by atoms with Crippen LogP contribution in [0, 0.1) is 0 Å². The Kier molecular flexibility index (Phi) is 3.59. The molecule has 0 amide bonds. The molecule has 2 rings (SSSR count). The zero-order valence-corrected chi connectivity index (χ0v) is 9.82. The van der Waals surface area contributed by atoms with E-state index in [0.29, 0.717) is 6.54 Å². The minimum Gasteiger partial charge on any atom is -0.387 e. The Morgan fingerprint density at radius 1 is 1.38 bits per heavy atom. The van der Waals surface area contributed by atoms with E-state index in [2.05, 4.69) is 34.5 Å². The normalized spacial score (nSPS) is 26.1.